The molecule has 2 nitrogen and oxygen atoms in total. The predicted octanol–water partition coefficient (Wildman–Crippen LogP) is 4.77. The lowest BCUT2D eigenvalue weighted by Gasteiger charge is -2.36. The van der Waals surface area contributed by atoms with Crippen molar-refractivity contribution in [1.82, 2.24) is 0 Å². The zero-order valence-corrected chi connectivity index (χ0v) is 14.5. The van der Waals surface area contributed by atoms with Gasteiger partial charge in [0.1, 0.15) is 0 Å². The van der Waals surface area contributed by atoms with E-state index in [0.717, 1.165) is 44.2 Å². The second kappa shape index (κ2) is 5.49. The van der Waals surface area contributed by atoms with Gasteiger partial charge in [-0.3, -0.25) is 0 Å². The molecule has 0 saturated heterocycles. The zero-order valence-electron chi connectivity index (χ0n) is 14.5. The molecular weight excluding hydrogens is 270 g/mol. The van der Waals surface area contributed by atoms with Gasteiger partial charge in [0.15, 0.2) is 0 Å². The maximum atomic E-state index is 8.78. The Kier molecular flexibility index (Phi) is 3.92. The lowest BCUT2D eigenvalue weighted by molar-refractivity contribution is 0.0467. The molecule has 0 aliphatic heterocycles. The summed E-state index contributed by atoms with van der Waals surface area (Å²) in [5.74, 6) is 0. The molecule has 0 atom stereocenters. The first-order chi connectivity index (χ1) is 10.3. The third-order valence-electron chi connectivity index (χ3n) is 5.46. The number of fused-ring (bicyclic) bond motifs is 1. The highest BCUT2D eigenvalue weighted by molar-refractivity contribution is 6.07. The summed E-state index contributed by atoms with van der Waals surface area (Å²) in [6, 6.07) is 6.85. The Labute approximate surface area is 134 Å². The fourth-order valence-corrected chi connectivity index (χ4v) is 4.28. The van der Waals surface area contributed by atoms with Crippen molar-refractivity contribution in [3.05, 3.63) is 34.9 Å². The van der Waals surface area contributed by atoms with Gasteiger partial charge in [0.25, 0.3) is 0 Å². The summed E-state index contributed by atoms with van der Waals surface area (Å²) in [5, 5.41) is 8.78. The highest BCUT2D eigenvalue weighted by Gasteiger charge is 2.44. The van der Waals surface area contributed by atoms with Crippen LogP contribution < -0.4 is 0 Å². The Morgan fingerprint density at radius 1 is 1.23 bits per heavy atom. The minimum atomic E-state index is 0.0950. The molecule has 0 radical (unpaired) electrons. The van der Waals surface area contributed by atoms with Gasteiger partial charge in [0.05, 0.1) is 6.10 Å². The van der Waals surface area contributed by atoms with Crippen LogP contribution in [-0.2, 0) is 17.6 Å². The van der Waals surface area contributed by atoms with E-state index >= 15 is 0 Å². The maximum Gasteiger partial charge on any atom is 0.0572 e. The number of ether oxygens (including phenoxy) is 1. The van der Waals surface area contributed by atoms with E-state index in [1.807, 2.05) is 7.11 Å². The summed E-state index contributed by atoms with van der Waals surface area (Å²) in [4.78, 5) is 0. The van der Waals surface area contributed by atoms with Crippen LogP contribution in [0.5, 0.6) is 0 Å². The van der Waals surface area contributed by atoms with Crippen LogP contribution in [0.1, 0.15) is 63.1 Å². The van der Waals surface area contributed by atoms with Crippen LogP contribution in [0, 0.1) is 16.2 Å². The Morgan fingerprint density at radius 3 is 2.50 bits per heavy atom. The summed E-state index contributed by atoms with van der Waals surface area (Å²) < 4.78 is 5.51. The SMILES string of the molecule is COC1CCC2(CC1)Cc1ccc(CC(C)(C)C)cc1C2=N. The van der Waals surface area contributed by atoms with Gasteiger partial charge in [-0.2, -0.15) is 0 Å². The zero-order chi connectivity index (χ0) is 16.0. The van der Waals surface area contributed by atoms with Crippen LogP contribution in [0.4, 0.5) is 0 Å². The van der Waals surface area contributed by atoms with Crippen LogP contribution in [-0.4, -0.2) is 18.9 Å². The minimum absolute atomic E-state index is 0.0950. The molecule has 1 fully saturated rings. The van der Waals surface area contributed by atoms with E-state index in [1.165, 1.54) is 16.7 Å². The van der Waals surface area contributed by atoms with Crippen LogP contribution >= 0.6 is 0 Å². The van der Waals surface area contributed by atoms with E-state index in [9.17, 15) is 0 Å². The first-order valence-electron chi connectivity index (χ1n) is 8.57. The van der Waals surface area contributed by atoms with Gasteiger partial charge >= 0.3 is 0 Å². The average molecular weight is 299 g/mol. The summed E-state index contributed by atoms with van der Waals surface area (Å²) in [5.41, 5.74) is 5.27. The first kappa shape index (κ1) is 15.7. The highest BCUT2D eigenvalue weighted by Crippen LogP contribution is 2.47. The molecule has 1 aromatic carbocycles. The lowest BCUT2D eigenvalue weighted by atomic mass is 9.70. The van der Waals surface area contributed by atoms with Crippen molar-refractivity contribution in [2.75, 3.05) is 7.11 Å². The Balaban J connectivity index is 1.82. The number of rotatable bonds is 2. The number of hydrogen-bond donors (Lipinski definition) is 1. The molecule has 1 spiro atoms. The molecule has 0 unspecified atom stereocenters. The molecule has 0 aromatic heterocycles. The standard InChI is InChI=1S/C20H29NO/c1-19(2,3)12-14-5-6-15-13-20(18(21)17(15)11-14)9-7-16(22-4)8-10-20/h5-6,11,16,21H,7-10,12-13H2,1-4H3. The predicted molar refractivity (Wildman–Crippen MR) is 91.8 cm³/mol. The van der Waals surface area contributed by atoms with Crippen LogP contribution in [0.15, 0.2) is 18.2 Å². The molecule has 2 aliphatic carbocycles. The fraction of sp³-hybridized carbons (Fsp3) is 0.650. The molecule has 22 heavy (non-hydrogen) atoms. The maximum absolute atomic E-state index is 8.78. The van der Waals surface area contributed by atoms with Gasteiger partial charge in [0.2, 0.25) is 0 Å². The largest absolute Gasteiger partial charge is 0.381 e. The fourth-order valence-electron chi connectivity index (χ4n) is 4.28. The normalized spacial score (nSPS) is 28.2. The van der Waals surface area contributed by atoms with Gasteiger partial charge in [-0.05, 0) is 66.7 Å². The minimum Gasteiger partial charge on any atom is -0.381 e. The van der Waals surface area contributed by atoms with Crippen molar-refractivity contribution in [2.24, 2.45) is 10.8 Å². The molecule has 1 aromatic rings. The van der Waals surface area contributed by atoms with E-state index in [0.29, 0.717) is 11.5 Å². The first-order valence-corrected chi connectivity index (χ1v) is 8.57. The van der Waals surface area contributed by atoms with Gasteiger partial charge in [0, 0.05) is 18.2 Å². The van der Waals surface area contributed by atoms with Gasteiger partial charge in [-0.15, -0.1) is 0 Å². The van der Waals surface area contributed by atoms with Crippen molar-refractivity contribution < 1.29 is 4.74 Å². The summed E-state index contributed by atoms with van der Waals surface area (Å²) in [6.45, 7) is 6.83. The second-order valence-electron chi connectivity index (χ2n) is 8.50. The molecule has 1 saturated carbocycles. The van der Waals surface area contributed by atoms with Crippen molar-refractivity contribution in [3.63, 3.8) is 0 Å². The Bertz CT molecular complexity index is 574. The van der Waals surface area contributed by atoms with Gasteiger partial charge in [-0.1, -0.05) is 32.9 Å². The second-order valence-corrected chi connectivity index (χ2v) is 8.50. The third-order valence-corrected chi connectivity index (χ3v) is 5.46. The molecular formula is C20H29NO. The molecule has 120 valence electrons. The van der Waals surface area contributed by atoms with E-state index in [1.54, 1.807) is 0 Å². The monoisotopic (exact) mass is 299 g/mol. The molecule has 0 heterocycles. The van der Waals surface area contributed by atoms with E-state index < -0.39 is 0 Å². The molecule has 3 rings (SSSR count). The van der Waals surface area contributed by atoms with Crippen molar-refractivity contribution in [3.8, 4) is 0 Å². The third kappa shape index (κ3) is 2.86. The smallest absolute Gasteiger partial charge is 0.0572 e. The average Bonchev–Trinajstić information content (AvgIpc) is 2.72. The molecule has 2 heteroatoms. The number of methoxy groups -OCH3 is 1. The summed E-state index contributed by atoms with van der Waals surface area (Å²) in [7, 11) is 1.82. The van der Waals surface area contributed by atoms with E-state index in [2.05, 4.69) is 39.0 Å². The highest BCUT2D eigenvalue weighted by atomic mass is 16.5. The van der Waals surface area contributed by atoms with Crippen LogP contribution in [0.25, 0.3) is 0 Å². The quantitative estimate of drug-likeness (QED) is 0.838. The van der Waals surface area contributed by atoms with Gasteiger partial charge in [-0.25, -0.2) is 0 Å². The van der Waals surface area contributed by atoms with E-state index in [-0.39, 0.29) is 5.41 Å². The molecule has 0 amide bonds. The van der Waals surface area contributed by atoms with Gasteiger partial charge < -0.3 is 10.1 Å². The lowest BCUT2D eigenvalue weighted by Crippen LogP contribution is -2.35. The molecule has 1 N–H and O–H groups in total. The Morgan fingerprint density at radius 2 is 1.91 bits per heavy atom. The van der Waals surface area contributed by atoms with Crippen molar-refractivity contribution in [1.29, 1.82) is 5.41 Å². The number of hydrogen-bond acceptors (Lipinski definition) is 2. The van der Waals surface area contributed by atoms with Crippen LogP contribution in [0.2, 0.25) is 0 Å². The van der Waals surface area contributed by atoms with Crippen LogP contribution in [0.3, 0.4) is 0 Å². The Hall–Kier alpha value is -1.15. The topological polar surface area (TPSA) is 33.1 Å². The van der Waals surface area contributed by atoms with E-state index in [4.69, 9.17) is 10.1 Å². The molecule has 2 aliphatic rings. The summed E-state index contributed by atoms with van der Waals surface area (Å²) >= 11 is 0. The molecule has 0 bridgehead atoms. The van der Waals surface area contributed by atoms with Crippen molar-refractivity contribution >= 4 is 5.71 Å². The number of benzene rings is 1. The van der Waals surface area contributed by atoms with Crippen molar-refractivity contribution in [2.45, 2.75) is 65.4 Å². The summed E-state index contributed by atoms with van der Waals surface area (Å²) in [6.07, 6.45) is 6.95. The number of nitrogens with one attached hydrogen (secondary N) is 1.